The summed E-state index contributed by atoms with van der Waals surface area (Å²) in [5.41, 5.74) is 0. The normalized spacial score (nSPS) is 28.5. The predicted octanol–water partition coefficient (Wildman–Crippen LogP) is 1.66. The molecule has 1 N–H and O–H groups in total. The van der Waals surface area contributed by atoms with Gasteiger partial charge >= 0.3 is 0 Å². The van der Waals surface area contributed by atoms with Gasteiger partial charge in [0.05, 0.1) is 18.7 Å². The summed E-state index contributed by atoms with van der Waals surface area (Å²) in [6.07, 6.45) is 9.34. The molecular formula is C13H22N4O. The van der Waals surface area contributed by atoms with Crippen molar-refractivity contribution in [3.63, 3.8) is 0 Å². The second kappa shape index (κ2) is 5.36. The average Bonchev–Trinajstić information content (AvgIpc) is 3.13. The molecule has 2 saturated carbocycles. The van der Waals surface area contributed by atoms with Gasteiger partial charge in [-0.1, -0.05) is 0 Å². The minimum absolute atomic E-state index is 0.386. The summed E-state index contributed by atoms with van der Waals surface area (Å²) in [6, 6.07) is 1.18. The highest BCUT2D eigenvalue weighted by Crippen LogP contribution is 2.30. The third kappa shape index (κ3) is 2.72. The van der Waals surface area contributed by atoms with Gasteiger partial charge in [-0.3, -0.25) is 0 Å². The van der Waals surface area contributed by atoms with Crippen LogP contribution in [0, 0.1) is 0 Å². The summed E-state index contributed by atoms with van der Waals surface area (Å²) < 4.78 is 7.60. The summed E-state index contributed by atoms with van der Waals surface area (Å²) >= 11 is 0. The number of methoxy groups -OCH3 is 1. The molecule has 0 aromatic carbocycles. The van der Waals surface area contributed by atoms with Crippen LogP contribution in [0.3, 0.4) is 0 Å². The molecule has 0 aliphatic heterocycles. The van der Waals surface area contributed by atoms with Crippen LogP contribution < -0.4 is 5.32 Å². The molecule has 0 radical (unpaired) electrons. The maximum absolute atomic E-state index is 5.49. The van der Waals surface area contributed by atoms with E-state index in [2.05, 4.69) is 20.1 Å². The van der Waals surface area contributed by atoms with E-state index in [9.17, 15) is 0 Å². The number of hydrogen-bond donors (Lipinski definition) is 1. The Kier molecular flexibility index (Phi) is 3.61. The van der Waals surface area contributed by atoms with Crippen LogP contribution in [0.2, 0.25) is 0 Å². The number of rotatable bonds is 5. The maximum Gasteiger partial charge on any atom is 0.141 e. The van der Waals surface area contributed by atoms with Gasteiger partial charge in [0.2, 0.25) is 0 Å². The van der Waals surface area contributed by atoms with Gasteiger partial charge < -0.3 is 10.1 Å². The number of nitrogens with one attached hydrogen (secondary N) is 1. The molecule has 5 heteroatoms. The van der Waals surface area contributed by atoms with Crippen molar-refractivity contribution >= 4 is 0 Å². The van der Waals surface area contributed by atoms with Crippen LogP contribution >= 0.6 is 0 Å². The first-order valence-electron chi connectivity index (χ1n) is 7.01. The largest absolute Gasteiger partial charge is 0.381 e. The van der Waals surface area contributed by atoms with Gasteiger partial charge in [0.1, 0.15) is 12.2 Å². The van der Waals surface area contributed by atoms with Gasteiger partial charge in [0.15, 0.2) is 0 Å². The van der Waals surface area contributed by atoms with Crippen LogP contribution in [0.4, 0.5) is 0 Å². The fourth-order valence-electron chi connectivity index (χ4n) is 2.79. The highest BCUT2D eigenvalue weighted by Gasteiger charge is 2.26. The SMILES string of the molecule is COC1CCCC(n2ncnc2CNC2CC2)C1. The number of aromatic nitrogens is 3. The third-order valence-electron chi connectivity index (χ3n) is 4.05. The van der Waals surface area contributed by atoms with Crippen LogP contribution in [-0.2, 0) is 11.3 Å². The lowest BCUT2D eigenvalue weighted by atomic mass is 9.93. The molecule has 1 aromatic rings. The highest BCUT2D eigenvalue weighted by atomic mass is 16.5. The Hall–Kier alpha value is -0.940. The molecule has 2 unspecified atom stereocenters. The van der Waals surface area contributed by atoms with Crippen molar-refractivity contribution in [1.29, 1.82) is 0 Å². The van der Waals surface area contributed by atoms with E-state index in [4.69, 9.17) is 4.74 Å². The first-order valence-corrected chi connectivity index (χ1v) is 7.01. The van der Waals surface area contributed by atoms with Gasteiger partial charge in [-0.25, -0.2) is 9.67 Å². The molecule has 100 valence electrons. The van der Waals surface area contributed by atoms with Gasteiger partial charge in [0.25, 0.3) is 0 Å². The van der Waals surface area contributed by atoms with E-state index in [-0.39, 0.29) is 0 Å². The zero-order valence-corrected chi connectivity index (χ0v) is 11.0. The second-order valence-corrected chi connectivity index (χ2v) is 5.45. The number of ether oxygens (including phenoxy) is 1. The first kappa shape index (κ1) is 12.1. The van der Waals surface area contributed by atoms with Crippen molar-refractivity contribution in [2.24, 2.45) is 0 Å². The van der Waals surface area contributed by atoms with Crippen LogP contribution in [0.15, 0.2) is 6.33 Å². The minimum atomic E-state index is 0.386. The monoisotopic (exact) mass is 250 g/mol. The summed E-state index contributed by atoms with van der Waals surface area (Å²) in [7, 11) is 1.81. The predicted molar refractivity (Wildman–Crippen MR) is 68.2 cm³/mol. The van der Waals surface area contributed by atoms with E-state index >= 15 is 0 Å². The molecule has 2 aliphatic carbocycles. The molecule has 2 aliphatic rings. The fraction of sp³-hybridized carbons (Fsp3) is 0.846. The molecule has 5 nitrogen and oxygen atoms in total. The van der Waals surface area contributed by atoms with Crippen LogP contribution in [0.25, 0.3) is 0 Å². The molecule has 18 heavy (non-hydrogen) atoms. The summed E-state index contributed by atoms with van der Waals surface area (Å²) in [5.74, 6) is 1.07. The zero-order chi connectivity index (χ0) is 12.4. The van der Waals surface area contributed by atoms with Gasteiger partial charge in [-0.15, -0.1) is 0 Å². The molecule has 0 bridgehead atoms. The van der Waals surface area contributed by atoms with Crippen LogP contribution in [-0.4, -0.2) is 34.0 Å². The van der Waals surface area contributed by atoms with Gasteiger partial charge in [0, 0.05) is 13.2 Å². The molecule has 2 fully saturated rings. The lowest BCUT2D eigenvalue weighted by molar-refractivity contribution is 0.0501. The van der Waals surface area contributed by atoms with Crippen molar-refractivity contribution in [3.05, 3.63) is 12.2 Å². The van der Waals surface area contributed by atoms with Crippen molar-refractivity contribution in [3.8, 4) is 0 Å². The smallest absolute Gasteiger partial charge is 0.141 e. The minimum Gasteiger partial charge on any atom is -0.381 e. The molecule has 2 atom stereocenters. The fourth-order valence-corrected chi connectivity index (χ4v) is 2.79. The standard InChI is InChI=1S/C13H22N4O/c1-18-12-4-2-3-11(7-12)17-13(15-9-16-17)8-14-10-5-6-10/h9-12,14H,2-8H2,1H3. The highest BCUT2D eigenvalue weighted by molar-refractivity contribution is 4.92. The molecule has 3 rings (SSSR count). The second-order valence-electron chi connectivity index (χ2n) is 5.45. The molecule has 0 amide bonds. The molecule has 1 heterocycles. The Bertz CT molecular complexity index is 388. The summed E-state index contributed by atoms with van der Waals surface area (Å²) in [6.45, 7) is 0.846. The number of hydrogen-bond acceptors (Lipinski definition) is 4. The summed E-state index contributed by atoms with van der Waals surface area (Å²) in [5, 5.41) is 7.93. The van der Waals surface area contributed by atoms with Crippen molar-refractivity contribution < 1.29 is 4.74 Å². The Labute approximate surface area is 108 Å². The number of nitrogens with zero attached hydrogens (tertiary/aromatic N) is 3. The Balaban J connectivity index is 1.64. The molecule has 0 spiro atoms. The Morgan fingerprint density at radius 2 is 2.28 bits per heavy atom. The van der Waals surface area contributed by atoms with E-state index in [0.29, 0.717) is 18.2 Å². The van der Waals surface area contributed by atoms with Crippen molar-refractivity contribution in [2.75, 3.05) is 7.11 Å². The molecule has 1 aromatic heterocycles. The quantitative estimate of drug-likeness (QED) is 0.863. The van der Waals surface area contributed by atoms with Crippen LogP contribution in [0.5, 0.6) is 0 Å². The molecule has 0 saturated heterocycles. The van der Waals surface area contributed by atoms with Gasteiger partial charge in [-0.2, -0.15) is 5.10 Å². The van der Waals surface area contributed by atoms with Crippen molar-refractivity contribution in [2.45, 2.75) is 63.3 Å². The van der Waals surface area contributed by atoms with Gasteiger partial charge in [-0.05, 0) is 38.5 Å². The molecular weight excluding hydrogens is 228 g/mol. The maximum atomic E-state index is 5.49. The van der Waals surface area contributed by atoms with E-state index in [0.717, 1.165) is 18.8 Å². The van der Waals surface area contributed by atoms with Crippen LogP contribution in [0.1, 0.15) is 50.4 Å². The summed E-state index contributed by atoms with van der Waals surface area (Å²) in [4.78, 5) is 4.39. The lowest BCUT2D eigenvalue weighted by Gasteiger charge is -2.29. The van der Waals surface area contributed by atoms with E-state index < -0.39 is 0 Å². The topological polar surface area (TPSA) is 52.0 Å². The Morgan fingerprint density at radius 3 is 3.06 bits per heavy atom. The lowest BCUT2D eigenvalue weighted by Crippen LogP contribution is -2.27. The third-order valence-corrected chi connectivity index (χ3v) is 4.05. The van der Waals surface area contributed by atoms with Crippen molar-refractivity contribution in [1.82, 2.24) is 20.1 Å². The Morgan fingerprint density at radius 1 is 1.39 bits per heavy atom. The van der Waals surface area contributed by atoms with E-state index in [1.807, 2.05) is 7.11 Å². The first-order chi connectivity index (χ1) is 8.86. The average molecular weight is 250 g/mol. The van der Waals surface area contributed by atoms with E-state index in [1.54, 1.807) is 6.33 Å². The van der Waals surface area contributed by atoms with E-state index in [1.165, 1.54) is 32.1 Å². The zero-order valence-electron chi connectivity index (χ0n) is 11.0.